The van der Waals surface area contributed by atoms with Crippen LogP contribution in [0.25, 0.3) is 127 Å². The summed E-state index contributed by atoms with van der Waals surface area (Å²) in [6, 6.07) is 52.2. The van der Waals surface area contributed by atoms with Crippen LogP contribution < -0.4 is 102 Å². The minimum atomic E-state index is -3.22. The Morgan fingerprint density at radius 1 is 0.493 bits per heavy atom. The van der Waals surface area contributed by atoms with Crippen LogP contribution in [0.1, 0.15) is 17.8 Å². The molecule has 0 saturated carbocycles. The molecule has 0 amide bonds. The van der Waals surface area contributed by atoms with E-state index in [1.54, 1.807) is 156 Å². The molecule has 14 aromatic heterocycles. The van der Waals surface area contributed by atoms with Crippen LogP contribution in [-0.4, -0.2) is 166 Å². The summed E-state index contributed by atoms with van der Waals surface area (Å²) < 4.78 is 67.9. The zero-order valence-corrected chi connectivity index (χ0v) is 88.9. The molecule has 50 heteroatoms. The molecule has 0 aliphatic rings. The Morgan fingerprint density at radius 3 is 1.32 bits per heavy atom. The molecule has 0 aliphatic carbocycles. The number of nitrogens with two attached hydrogens (primary N) is 1. The van der Waals surface area contributed by atoms with E-state index >= 15 is 0 Å². The summed E-state index contributed by atoms with van der Waals surface area (Å²) in [6.45, 7) is -0.854. The van der Waals surface area contributed by atoms with Gasteiger partial charge in [-0.2, -0.15) is 0 Å². The molecule has 142 heavy (non-hydrogen) atoms. The molecule has 7 aromatic carbocycles. The van der Waals surface area contributed by atoms with E-state index in [4.69, 9.17) is 84.4 Å². The number of nitrogen functional groups attached to an aromatic ring is 1. The fourth-order valence-corrected chi connectivity index (χ4v) is 13.0. The van der Waals surface area contributed by atoms with Crippen LogP contribution in [0.15, 0.2) is 285 Å². The number of nitrogens with one attached hydrogen (secondary N) is 3. The van der Waals surface area contributed by atoms with Gasteiger partial charge in [-0.25, -0.2) is 73.5 Å². The number of nitrogens with zero attached hydrogens (tertiary/aromatic N) is 18. The molecular formula is C92H75BBr4Cl6F2KN22O13P. The molecule has 0 saturated heterocycles. The van der Waals surface area contributed by atoms with Crippen LogP contribution in [0.4, 0.5) is 14.5 Å². The van der Waals surface area contributed by atoms with Gasteiger partial charge in [0.2, 0.25) is 35.3 Å². The predicted octanol–water partition coefficient (Wildman–Crippen LogP) is 19.7. The van der Waals surface area contributed by atoms with E-state index in [2.05, 4.69) is 182 Å². The van der Waals surface area contributed by atoms with Crippen LogP contribution in [0.3, 0.4) is 0 Å². The van der Waals surface area contributed by atoms with Gasteiger partial charge < -0.3 is 59.4 Å². The van der Waals surface area contributed by atoms with Crippen molar-refractivity contribution in [2.24, 2.45) is 0 Å². The van der Waals surface area contributed by atoms with Gasteiger partial charge in [0, 0.05) is 135 Å². The summed E-state index contributed by atoms with van der Waals surface area (Å²) in [6.07, 6.45) is 29.4. The van der Waals surface area contributed by atoms with Crippen LogP contribution in [0.2, 0.25) is 15.7 Å². The largest absolute Gasteiger partial charge is 1.00 e. The average Bonchev–Trinajstić information content (AvgIpc) is 1.63. The van der Waals surface area contributed by atoms with Gasteiger partial charge in [0.15, 0.2) is 0 Å². The molecule has 35 nitrogen and oxygen atoms in total. The summed E-state index contributed by atoms with van der Waals surface area (Å²) in [5, 5.41) is 39.7. The van der Waals surface area contributed by atoms with Crippen molar-refractivity contribution in [3.8, 4) is 64.3 Å². The minimum Gasteiger partial charge on any atom is -0.812 e. The predicted molar refractivity (Wildman–Crippen MR) is 562 cm³/mol. The van der Waals surface area contributed by atoms with Gasteiger partial charge in [0.1, 0.15) is 51.0 Å². The van der Waals surface area contributed by atoms with Crippen molar-refractivity contribution in [2.45, 2.75) is 7.43 Å². The second-order valence-electron chi connectivity index (χ2n) is 27.1. The molecular weight excluding hydrogens is 2270 g/mol. The Labute approximate surface area is 910 Å². The summed E-state index contributed by atoms with van der Waals surface area (Å²) in [4.78, 5) is 99.6. The van der Waals surface area contributed by atoms with Crippen molar-refractivity contribution in [3.63, 3.8) is 0 Å². The van der Waals surface area contributed by atoms with E-state index < -0.39 is 34.9 Å². The Hall–Kier alpha value is -12.4. The number of H-pyrrole nitrogens is 3. The number of pyridine rings is 4. The number of benzene rings is 7. The first-order valence-corrected chi connectivity index (χ1v) is 49.0. The number of alkyl halides is 3. The van der Waals surface area contributed by atoms with Crippen molar-refractivity contribution < 1.29 is 113 Å². The zero-order valence-electron chi connectivity index (χ0n) is 74.0. The van der Waals surface area contributed by atoms with Gasteiger partial charge in [-0.15, -0.1) is 47.3 Å². The second kappa shape index (κ2) is 57.6. The maximum absolute atomic E-state index is 12.2. The summed E-state index contributed by atoms with van der Waals surface area (Å²) in [5.74, 6) is 4.78. The third-order valence-corrected chi connectivity index (χ3v) is 19.2. The number of phenolic OH excluding ortho intramolecular Hbond substituents is 1. The molecule has 724 valence electrons. The third kappa shape index (κ3) is 34.2. The molecule has 0 radical (unpaired) electrons. The smallest absolute Gasteiger partial charge is 0.812 e. The number of aromatic hydroxyl groups is 1. The van der Waals surface area contributed by atoms with E-state index in [1.807, 2.05) is 142 Å². The molecule has 14 heterocycles. The van der Waals surface area contributed by atoms with Gasteiger partial charge in [-0.3, -0.25) is 48.0 Å². The number of nitriles is 1. The number of hydrogen-bond acceptors (Lipinski definition) is 28. The third-order valence-electron chi connectivity index (χ3n) is 18.6. The van der Waals surface area contributed by atoms with E-state index in [1.165, 1.54) is 31.7 Å². The average molecular weight is 2350 g/mol. The van der Waals surface area contributed by atoms with Crippen LogP contribution in [-0.2, 0) is 4.57 Å². The number of methoxy groups -OCH3 is 5. The van der Waals surface area contributed by atoms with Crippen molar-refractivity contribution in [2.75, 3.05) is 53.7 Å². The van der Waals surface area contributed by atoms with Gasteiger partial charge in [-0.05, 0) is 233 Å². The number of hydrogen-bond donors (Lipinski definition) is 6. The zero-order chi connectivity index (χ0) is 101. The summed E-state index contributed by atoms with van der Waals surface area (Å²) >= 11 is 42.8. The fraction of sp³-hybridized carbons (Fsp3) is 0.0870. The van der Waals surface area contributed by atoms with Gasteiger partial charge in [-0.1, -0.05) is 35.0 Å². The maximum Gasteiger partial charge on any atom is 1.00 e. The number of phenols is 1. The molecule has 7 N–H and O–H groups in total. The number of carboxylic acid groups (broad SMARTS) is 1. The van der Waals surface area contributed by atoms with E-state index in [9.17, 15) is 32.8 Å². The van der Waals surface area contributed by atoms with Crippen molar-refractivity contribution in [1.82, 2.24) is 98.4 Å². The number of anilines is 1. The number of halogens is 12. The number of aromatic carboxylic acids is 1. The van der Waals surface area contributed by atoms with Gasteiger partial charge in [0.05, 0.1) is 126 Å². The Morgan fingerprint density at radius 2 is 0.866 bits per heavy atom. The first kappa shape index (κ1) is 115. The molecule has 0 atom stereocenters. The number of aromatic amines is 3. The summed E-state index contributed by atoms with van der Waals surface area (Å²) in [7, 11) is 7.84. The van der Waals surface area contributed by atoms with E-state index in [-0.39, 0.29) is 89.6 Å². The molecule has 0 spiro atoms. The number of fused-ring (bicyclic) bond motifs is 10. The quantitative estimate of drug-likeness (QED) is 0.0133. The van der Waals surface area contributed by atoms with Gasteiger partial charge in [0.25, 0.3) is 5.56 Å². The molecule has 0 bridgehead atoms. The number of aromatic nitrogens is 20. The summed E-state index contributed by atoms with van der Waals surface area (Å²) in [5.41, 5.74) is 12.8. The van der Waals surface area contributed by atoms with E-state index in [0.29, 0.717) is 68.7 Å². The van der Waals surface area contributed by atoms with Crippen LogP contribution in [0, 0.1) is 11.5 Å². The standard InChI is InChI=1S/C16H11FN4O.C16H12N4O.C15H10N4O.C9H6Cl2N2O.C9H7ClN2O.C9H8N2O3.C8H9NO3.C7H6N2.CH2BrF.CHNO.CH4.BBr3.Cl3OP.K/c17-10-22-13-1-2-14-12(7-13)8-19-16(20-14)21-6-4-11-3-5-18-9-15(11)21;1-21-13-2-3-14-12(8-13)9-18-16(19-14)20-7-5-11-4-6-17-10-15(11)20;20-12-1-2-13-11(7-12)8-17-15(18-13)19-6-4-10-3-5-16-9-14(10)19;1-14-5-2-3-7-6(4-5)8(10)13-9(11)12-7;1-13-7-2-3-8-6(4-7)5-11-9(10)12-8;1-14-5-2-3-7-6(4-5)8(12)11-9(13)10-7;1-12-5-2-3-7(9)6(4-5)8(10)11;1-3-8-5-7-6(1)2-4-9-7;2*2-1-3;;2-1(3)4;1-5(2,3)4;/h1-9H,10H2;2-10H,1H3;1-9,20H;2-4H,1H3;2-5H,1H3;2-4H,1H3,(H2,10,11,12,13);2-4H,9H2,1H3,(H,10,11);1-5,9H;1H2;3H;1H4;;;/q;;;;;;;;;;;;;+1/p-1. The Balaban J connectivity index is 0.000000196. The number of rotatable bonds is 11. The fourth-order valence-electron chi connectivity index (χ4n) is 12.4. The van der Waals surface area contributed by atoms with Crippen LogP contribution >= 0.6 is 137 Å². The van der Waals surface area contributed by atoms with Gasteiger partial charge >= 0.3 is 71.4 Å². The second-order valence-corrected chi connectivity index (χ2v) is 41.6. The minimum absolute atomic E-state index is 0. The molecule has 0 fully saturated rings. The number of ether oxygens (including phenoxy) is 6. The molecule has 21 aromatic rings. The van der Waals surface area contributed by atoms with Crippen molar-refractivity contribution in [3.05, 3.63) is 317 Å². The normalized spacial score (nSPS) is 10.2. The number of carboxylic acids is 1. The van der Waals surface area contributed by atoms with Crippen molar-refractivity contribution in [1.29, 1.82) is 5.26 Å². The number of carbonyl (C=O) groups is 1. The molecule has 21 rings (SSSR count). The SMILES string of the molecule is BrB(Br)Br.C.COc1ccc(N)c(C(=O)O)c1.COc1ccc2[nH]c(=O)[nH]c(=O)c2c1.COc1ccc2nc(-n3ccc4ccncc43)ncc2c1.COc1ccc2nc(Cl)nc(Cl)c2c1.COc1ccc2nc(Cl)ncc2c1.FCBr.FCOc1ccc2nc(-n3ccc4ccncc43)ncc2c1.N#C[O-].O=P(Cl)(Cl)Cl.Oc1ccc2nc(-n3ccc4ccncc43)ncc2c1.[K+].c1cc2cc[nH]c2cn1. The van der Waals surface area contributed by atoms with Crippen molar-refractivity contribution >= 4 is 261 Å². The molecule has 0 unspecified atom stereocenters. The first-order valence-electron chi connectivity index (χ1n) is 39.6. The molecule has 0 aliphatic heterocycles. The topological polar surface area (TPSA) is 480 Å². The first-order chi connectivity index (χ1) is 67.4. The van der Waals surface area contributed by atoms with E-state index in [0.717, 1.165) is 98.7 Å². The van der Waals surface area contributed by atoms with Crippen LogP contribution in [0.5, 0.6) is 40.2 Å². The maximum atomic E-state index is 12.2. The monoisotopic (exact) mass is 2340 g/mol. The Bertz CT molecular complexity index is 8000. The Kier molecular flexibility index (Phi) is 46.6.